The van der Waals surface area contributed by atoms with Gasteiger partial charge in [0.25, 0.3) is 0 Å². The third-order valence-corrected chi connectivity index (χ3v) is 5.49. The van der Waals surface area contributed by atoms with Crippen LogP contribution in [0, 0.1) is 13.8 Å². The van der Waals surface area contributed by atoms with E-state index in [4.69, 9.17) is 4.74 Å². The first kappa shape index (κ1) is 18.2. The van der Waals surface area contributed by atoms with Gasteiger partial charge in [0.2, 0.25) is 5.91 Å². The Morgan fingerprint density at radius 2 is 1.84 bits per heavy atom. The minimum Gasteiger partial charge on any atom is -0.381 e. The van der Waals surface area contributed by atoms with Gasteiger partial charge < -0.3 is 15.0 Å². The van der Waals surface area contributed by atoms with Gasteiger partial charge in [0.05, 0.1) is 6.54 Å². The number of hydrogen-bond acceptors (Lipinski definition) is 4. The average Bonchev–Trinajstić information content (AvgIpc) is 2.88. The van der Waals surface area contributed by atoms with Gasteiger partial charge in [-0.05, 0) is 44.2 Å². The molecule has 1 aromatic carbocycles. The van der Waals surface area contributed by atoms with E-state index in [0.29, 0.717) is 12.6 Å². The molecule has 25 heavy (non-hydrogen) atoms. The molecule has 2 heterocycles. The van der Waals surface area contributed by atoms with Crippen molar-refractivity contribution in [1.29, 1.82) is 0 Å². The molecule has 5 nitrogen and oxygen atoms in total. The molecule has 0 atom stereocenters. The fourth-order valence-electron chi connectivity index (χ4n) is 3.97. The van der Waals surface area contributed by atoms with Crippen molar-refractivity contribution in [2.45, 2.75) is 39.2 Å². The summed E-state index contributed by atoms with van der Waals surface area (Å²) in [5.41, 5.74) is 3.47. The number of hydrogen-bond donors (Lipinski definition) is 1. The Bertz CT molecular complexity index is 564. The Labute approximate surface area is 151 Å². The number of carbonyl (C=O) groups is 1. The summed E-state index contributed by atoms with van der Waals surface area (Å²) < 4.78 is 5.47. The molecule has 1 aromatic rings. The zero-order valence-electron chi connectivity index (χ0n) is 15.6. The molecule has 0 unspecified atom stereocenters. The fraction of sp³-hybridized carbons (Fsp3) is 0.650. The third kappa shape index (κ3) is 4.73. The number of anilines is 1. The maximum atomic E-state index is 12.7. The van der Waals surface area contributed by atoms with Crippen LogP contribution in [0.2, 0.25) is 0 Å². The molecule has 0 aromatic heterocycles. The average molecular weight is 345 g/mol. The van der Waals surface area contributed by atoms with Crippen molar-refractivity contribution in [3.05, 3.63) is 29.3 Å². The van der Waals surface area contributed by atoms with Crippen LogP contribution in [-0.2, 0) is 9.53 Å². The summed E-state index contributed by atoms with van der Waals surface area (Å²) in [5.74, 6) is 0.205. The highest BCUT2D eigenvalue weighted by atomic mass is 16.5. The number of benzene rings is 1. The summed E-state index contributed by atoms with van der Waals surface area (Å²) in [4.78, 5) is 17.2. The molecule has 0 bridgehead atoms. The number of para-hydroxylation sites is 1. The molecule has 2 aliphatic heterocycles. The van der Waals surface area contributed by atoms with Crippen LogP contribution in [0.1, 0.15) is 30.4 Å². The van der Waals surface area contributed by atoms with Crippen molar-refractivity contribution in [3.63, 3.8) is 0 Å². The Balaban J connectivity index is 1.51. The number of rotatable bonds is 4. The van der Waals surface area contributed by atoms with Crippen LogP contribution in [0.4, 0.5) is 5.69 Å². The molecule has 0 aliphatic carbocycles. The summed E-state index contributed by atoms with van der Waals surface area (Å²) in [7, 11) is 0. The van der Waals surface area contributed by atoms with E-state index in [1.54, 1.807) is 0 Å². The lowest BCUT2D eigenvalue weighted by Gasteiger charge is -2.33. The number of carbonyl (C=O) groups excluding carboxylic acids is 1. The molecule has 2 fully saturated rings. The Morgan fingerprint density at radius 3 is 2.56 bits per heavy atom. The number of aryl methyl sites for hydroxylation is 2. The van der Waals surface area contributed by atoms with E-state index in [1.807, 2.05) is 4.90 Å². The molecule has 1 amide bonds. The van der Waals surface area contributed by atoms with E-state index in [9.17, 15) is 4.79 Å². The van der Waals surface area contributed by atoms with Crippen LogP contribution >= 0.6 is 0 Å². The summed E-state index contributed by atoms with van der Waals surface area (Å²) in [6.45, 7) is 10.1. The number of amides is 1. The molecule has 3 rings (SSSR count). The van der Waals surface area contributed by atoms with Gasteiger partial charge in [-0.2, -0.15) is 0 Å². The maximum absolute atomic E-state index is 12.7. The molecule has 0 saturated carbocycles. The number of nitrogens with zero attached hydrogens (tertiary/aromatic N) is 2. The van der Waals surface area contributed by atoms with Crippen LogP contribution in [-0.4, -0.2) is 67.7 Å². The first-order valence-electron chi connectivity index (χ1n) is 9.55. The van der Waals surface area contributed by atoms with E-state index < -0.39 is 0 Å². The lowest BCUT2D eigenvalue weighted by Crippen LogP contribution is -2.43. The van der Waals surface area contributed by atoms with E-state index >= 15 is 0 Å². The second-order valence-electron chi connectivity index (χ2n) is 7.23. The minimum absolute atomic E-state index is 0.205. The second kappa shape index (κ2) is 8.68. The van der Waals surface area contributed by atoms with Gasteiger partial charge >= 0.3 is 0 Å². The van der Waals surface area contributed by atoms with Gasteiger partial charge in [-0.25, -0.2) is 0 Å². The SMILES string of the molecule is Cc1cccc(C)c1NCC(=O)N1CCCN(C2CCOCC2)CC1. The Kier molecular flexibility index (Phi) is 6.32. The van der Waals surface area contributed by atoms with Crippen molar-refractivity contribution in [1.82, 2.24) is 9.80 Å². The quantitative estimate of drug-likeness (QED) is 0.910. The molecular weight excluding hydrogens is 314 g/mol. The predicted molar refractivity (Wildman–Crippen MR) is 101 cm³/mol. The molecule has 0 spiro atoms. The lowest BCUT2D eigenvalue weighted by molar-refractivity contribution is -0.129. The van der Waals surface area contributed by atoms with Crippen molar-refractivity contribution in [2.75, 3.05) is 51.3 Å². The highest BCUT2D eigenvalue weighted by Crippen LogP contribution is 2.20. The zero-order valence-corrected chi connectivity index (χ0v) is 15.6. The van der Waals surface area contributed by atoms with E-state index in [0.717, 1.165) is 64.3 Å². The first-order valence-corrected chi connectivity index (χ1v) is 9.55. The summed E-state index contributed by atoms with van der Waals surface area (Å²) in [6, 6.07) is 6.85. The number of ether oxygens (including phenoxy) is 1. The van der Waals surface area contributed by atoms with Crippen LogP contribution in [0.15, 0.2) is 18.2 Å². The number of nitrogens with one attached hydrogen (secondary N) is 1. The second-order valence-corrected chi connectivity index (χ2v) is 7.23. The van der Waals surface area contributed by atoms with Gasteiger partial charge in [-0.3, -0.25) is 9.69 Å². The fourth-order valence-corrected chi connectivity index (χ4v) is 3.97. The van der Waals surface area contributed by atoms with Gasteiger partial charge in [0.1, 0.15) is 0 Å². The van der Waals surface area contributed by atoms with E-state index in [-0.39, 0.29) is 5.91 Å². The van der Waals surface area contributed by atoms with Crippen molar-refractivity contribution in [2.24, 2.45) is 0 Å². The lowest BCUT2D eigenvalue weighted by atomic mass is 10.1. The molecule has 138 valence electrons. The molecule has 2 saturated heterocycles. The summed E-state index contributed by atoms with van der Waals surface area (Å²) >= 11 is 0. The zero-order chi connectivity index (χ0) is 17.6. The predicted octanol–water partition coefficient (Wildman–Crippen LogP) is 2.43. The van der Waals surface area contributed by atoms with E-state index in [1.165, 1.54) is 11.1 Å². The monoisotopic (exact) mass is 345 g/mol. The van der Waals surface area contributed by atoms with Gasteiger partial charge in [0.15, 0.2) is 0 Å². The standard InChI is InChI=1S/C20H31N3O2/c1-16-5-3-6-17(2)20(16)21-15-19(24)23-10-4-9-22(11-12-23)18-7-13-25-14-8-18/h3,5-6,18,21H,4,7-15H2,1-2H3. The van der Waals surface area contributed by atoms with Gasteiger partial charge in [-0.15, -0.1) is 0 Å². The largest absolute Gasteiger partial charge is 0.381 e. The topological polar surface area (TPSA) is 44.8 Å². The van der Waals surface area contributed by atoms with Crippen LogP contribution in [0.25, 0.3) is 0 Å². The van der Waals surface area contributed by atoms with E-state index in [2.05, 4.69) is 42.3 Å². The summed E-state index contributed by atoms with van der Waals surface area (Å²) in [5, 5.41) is 3.35. The van der Waals surface area contributed by atoms with Crippen LogP contribution in [0.5, 0.6) is 0 Å². The van der Waals surface area contributed by atoms with Crippen molar-refractivity contribution in [3.8, 4) is 0 Å². The molecular formula is C20H31N3O2. The van der Waals surface area contributed by atoms with Crippen molar-refractivity contribution >= 4 is 11.6 Å². The Morgan fingerprint density at radius 1 is 1.12 bits per heavy atom. The van der Waals surface area contributed by atoms with Crippen molar-refractivity contribution < 1.29 is 9.53 Å². The first-order chi connectivity index (χ1) is 12.1. The molecule has 5 heteroatoms. The normalized spacial score (nSPS) is 20.3. The molecule has 0 radical (unpaired) electrons. The molecule has 1 N–H and O–H groups in total. The highest BCUT2D eigenvalue weighted by molar-refractivity contribution is 5.81. The van der Waals surface area contributed by atoms with Gasteiger partial charge in [0, 0.05) is 51.1 Å². The highest BCUT2D eigenvalue weighted by Gasteiger charge is 2.25. The van der Waals surface area contributed by atoms with Crippen LogP contribution in [0.3, 0.4) is 0 Å². The third-order valence-electron chi connectivity index (χ3n) is 5.49. The van der Waals surface area contributed by atoms with Crippen LogP contribution < -0.4 is 5.32 Å². The maximum Gasteiger partial charge on any atom is 0.241 e. The smallest absolute Gasteiger partial charge is 0.241 e. The molecule has 2 aliphatic rings. The Hall–Kier alpha value is -1.59. The van der Waals surface area contributed by atoms with Gasteiger partial charge in [-0.1, -0.05) is 18.2 Å². The minimum atomic E-state index is 0.205. The summed E-state index contributed by atoms with van der Waals surface area (Å²) in [6.07, 6.45) is 3.32.